The molecule has 2 rings (SSSR count). The Hall–Kier alpha value is -2.04. The maximum atomic E-state index is 14.0. The summed E-state index contributed by atoms with van der Waals surface area (Å²) in [6, 6.07) is 5.96. The summed E-state index contributed by atoms with van der Waals surface area (Å²) < 4.78 is 90.3. The third-order valence-corrected chi connectivity index (χ3v) is 4.62. The lowest BCUT2D eigenvalue weighted by atomic mass is 9.94. The van der Waals surface area contributed by atoms with E-state index in [2.05, 4.69) is 0 Å². The zero-order valence-corrected chi connectivity index (χ0v) is 13.3. The van der Waals surface area contributed by atoms with E-state index >= 15 is 0 Å². The van der Waals surface area contributed by atoms with Gasteiger partial charge in [-0.25, -0.2) is 17.2 Å². The second-order valence-corrected chi connectivity index (χ2v) is 6.82. The average molecular weight is 380 g/mol. The standard InChI is InChI=1S/C15H13F5N2O2S/c16-11-7-3-1-5-9(11)13(21)14(10-6-2-4-8-12(10)17)22-25(23,24)15(18,19)20/h1-8,13-14,22H,21H2/t13-,14-/m1/s1. The molecule has 0 saturated carbocycles. The van der Waals surface area contributed by atoms with E-state index in [0.29, 0.717) is 0 Å². The highest BCUT2D eigenvalue weighted by molar-refractivity contribution is 7.90. The van der Waals surface area contributed by atoms with Crippen LogP contribution in [0.4, 0.5) is 22.0 Å². The molecule has 0 unspecified atom stereocenters. The van der Waals surface area contributed by atoms with Crippen LogP contribution >= 0.6 is 0 Å². The molecule has 2 aromatic rings. The van der Waals surface area contributed by atoms with Gasteiger partial charge >= 0.3 is 15.5 Å². The van der Waals surface area contributed by atoms with Gasteiger partial charge in [0.1, 0.15) is 11.6 Å². The van der Waals surface area contributed by atoms with E-state index in [9.17, 15) is 30.4 Å². The monoisotopic (exact) mass is 380 g/mol. The number of halogens is 5. The highest BCUT2D eigenvalue weighted by Crippen LogP contribution is 2.33. The molecule has 0 heterocycles. The fourth-order valence-corrected chi connectivity index (χ4v) is 2.96. The predicted molar refractivity (Wildman–Crippen MR) is 80.6 cm³/mol. The average Bonchev–Trinajstić information content (AvgIpc) is 2.52. The smallest absolute Gasteiger partial charge is 0.322 e. The molecule has 0 aliphatic rings. The molecular formula is C15H13F5N2O2S. The lowest BCUT2D eigenvalue weighted by Gasteiger charge is -2.26. The molecule has 136 valence electrons. The maximum absolute atomic E-state index is 14.0. The normalized spacial score (nSPS) is 15.0. The van der Waals surface area contributed by atoms with E-state index in [-0.39, 0.29) is 5.56 Å². The van der Waals surface area contributed by atoms with Gasteiger partial charge in [0.25, 0.3) is 0 Å². The molecule has 0 aliphatic carbocycles. The second-order valence-electron chi connectivity index (χ2n) is 5.11. The number of hydrogen-bond donors (Lipinski definition) is 2. The lowest BCUT2D eigenvalue weighted by Crippen LogP contribution is -2.43. The molecule has 0 aromatic heterocycles. The first-order chi connectivity index (χ1) is 11.5. The van der Waals surface area contributed by atoms with Gasteiger partial charge in [-0.05, 0) is 12.1 Å². The first-order valence-electron chi connectivity index (χ1n) is 6.87. The van der Waals surface area contributed by atoms with Crippen LogP contribution < -0.4 is 10.5 Å². The van der Waals surface area contributed by atoms with Crippen LogP contribution in [0.1, 0.15) is 23.2 Å². The third kappa shape index (κ3) is 4.14. The molecule has 10 heteroatoms. The molecule has 0 spiro atoms. The van der Waals surface area contributed by atoms with Crippen LogP contribution in [0.5, 0.6) is 0 Å². The van der Waals surface area contributed by atoms with Gasteiger partial charge in [-0.3, -0.25) is 0 Å². The molecule has 2 aromatic carbocycles. The van der Waals surface area contributed by atoms with Gasteiger partial charge in [0.15, 0.2) is 0 Å². The van der Waals surface area contributed by atoms with Crippen molar-refractivity contribution < 1.29 is 30.4 Å². The summed E-state index contributed by atoms with van der Waals surface area (Å²) in [4.78, 5) is 0. The van der Waals surface area contributed by atoms with Gasteiger partial charge in [-0.1, -0.05) is 36.4 Å². The van der Waals surface area contributed by atoms with Gasteiger partial charge in [-0.2, -0.15) is 17.9 Å². The third-order valence-electron chi connectivity index (χ3n) is 3.45. The fraction of sp³-hybridized carbons (Fsp3) is 0.200. The Morgan fingerprint density at radius 2 is 1.32 bits per heavy atom. The van der Waals surface area contributed by atoms with Crippen molar-refractivity contribution in [1.82, 2.24) is 4.72 Å². The molecule has 25 heavy (non-hydrogen) atoms. The first-order valence-corrected chi connectivity index (χ1v) is 8.36. The molecule has 0 saturated heterocycles. The van der Waals surface area contributed by atoms with E-state index in [1.54, 1.807) is 0 Å². The van der Waals surface area contributed by atoms with Crippen molar-refractivity contribution in [1.29, 1.82) is 0 Å². The van der Waals surface area contributed by atoms with Crippen molar-refractivity contribution in [3.05, 3.63) is 71.3 Å². The minimum Gasteiger partial charge on any atom is -0.322 e. The molecule has 0 amide bonds. The molecule has 0 bridgehead atoms. The van der Waals surface area contributed by atoms with Gasteiger partial charge in [0.05, 0.1) is 12.1 Å². The molecule has 0 aliphatic heterocycles. The highest BCUT2D eigenvalue weighted by atomic mass is 32.2. The van der Waals surface area contributed by atoms with Crippen molar-refractivity contribution in [2.45, 2.75) is 17.6 Å². The largest absolute Gasteiger partial charge is 0.511 e. The first kappa shape index (κ1) is 19.3. The van der Waals surface area contributed by atoms with Crippen molar-refractivity contribution in [3.63, 3.8) is 0 Å². The molecule has 0 radical (unpaired) electrons. The fourth-order valence-electron chi connectivity index (χ4n) is 2.22. The Labute approximate surface area is 140 Å². The van der Waals surface area contributed by atoms with Crippen molar-refractivity contribution in [2.24, 2.45) is 5.73 Å². The number of nitrogens with two attached hydrogens (primary N) is 1. The summed E-state index contributed by atoms with van der Waals surface area (Å²) in [6.07, 6.45) is 0. The van der Waals surface area contributed by atoms with E-state index < -0.39 is 44.8 Å². The second kappa shape index (κ2) is 7.06. The molecule has 3 N–H and O–H groups in total. The minimum atomic E-state index is -5.85. The number of rotatable bonds is 5. The summed E-state index contributed by atoms with van der Waals surface area (Å²) in [7, 11) is -5.85. The Balaban J connectivity index is 2.54. The minimum absolute atomic E-state index is 0.263. The summed E-state index contributed by atoms with van der Waals surface area (Å²) >= 11 is 0. The summed E-state index contributed by atoms with van der Waals surface area (Å²) in [6.45, 7) is 0. The number of sulfonamides is 1. The van der Waals surface area contributed by atoms with Crippen LogP contribution in [0.2, 0.25) is 0 Å². The topological polar surface area (TPSA) is 72.2 Å². The molecule has 2 atom stereocenters. The van der Waals surface area contributed by atoms with Crippen LogP contribution in [-0.4, -0.2) is 13.9 Å². The molecule has 0 fully saturated rings. The molecule has 4 nitrogen and oxygen atoms in total. The maximum Gasteiger partial charge on any atom is 0.511 e. The van der Waals surface area contributed by atoms with Crippen molar-refractivity contribution in [3.8, 4) is 0 Å². The molecular weight excluding hydrogens is 367 g/mol. The Morgan fingerprint density at radius 3 is 1.76 bits per heavy atom. The number of benzene rings is 2. The Bertz CT molecular complexity index is 855. The van der Waals surface area contributed by atoms with Gasteiger partial charge in [0, 0.05) is 11.1 Å². The summed E-state index contributed by atoms with van der Waals surface area (Å²) in [5.41, 5.74) is -0.545. The van der Waals surface area contributed by atoms with Gasteiger partial charge in [0.2, 0.25) is 0 Å². The van der Waals surface area contributed by atoms with Crippen molar-refractivity contribution >= 4 is 10.0 Å². The highest BCUT2D eigenvalue weighted by Gasteiger charge is 2.48. The lowest BCUT2D eigenvalue weighted by molar-refractivity contribution is -0.0452. The zero-order valence-electron chi connectivity index (χ0n) is 12.5. The predicted octanol–water partition coefficient (Wildman–Crippen LogP) is 3.15. The van der Waals surface area contributed by atoms with Gasteiger partial charge in [-0.15, -0.1) is 0 Å². The van der Waals surface area contributed by atoms with Crippen LogP contribution in [0.15, 0.2) is 48.5 Å². The Kier molecular flexibility index (Phi) is 5.45. The van der Waals surface area contributed by atoms with Crippen molar-refractivity contribution in [2.75, 3.05) is 0 Å². The number of alkyl halides is 3. The quantitative estimate of drug-likeness (QED) is 0.783. The SMILES string of the molecule is N[C@H](c1ccccc1F)[C@H](NS(=O)(=O)C(F)(F)F)c1ccccc1F. The summed E-state index contributed by atoms with van der Waals surface area (Å²) in [5.74, 6) is -1.84. The van der Waals surface area contributed by atoms with Crippen LogP contribution in [-0.2, 0) is 10.0 Å². The Morgan fingerprint density at radius 1 is 0.880 bits per heavy atom. The van der Waals surface area contributed by atoms with E-state index in [1.165, 1.54) is 35.1 Å². The number of hydrogen-bond acceptors (Lipinski definition) is 3. The van der Waals surface area contributed by atoms with E-state index in [1.807, 2.05) is 0 Å². The van der Waals surface area contributed by atoms with E-state index in [4.69, 9.17) is 5.73 Å². The van der Waals surface area contributed by atoms with Crippen LogP contribution in [0.3, 0.4) is 0 Å². The zero-order chi connectivity index (χ0) is 18.8. The summed E-state index contributed by atoms with van der Waals surface area (Å²) in [5, 5.41) is 0. The van der Waals surface area contributed by atoms with E-state index in [0.717, 1.165) is 18.2 Å². The van der Waals surface area contributed by atoms with Gasteiger partial charge < -0.3 is 5.73 Å². The van der Waals surface area contributed by atoms with Crippen LogP contribution in [0, 0.1) is 11.6 Å². The number of nitrogens with one attached hydrogen (secondary N) is 1. The van der Waals surface area contributed by atoms with Crippen LogP contribution in [0.25, 0.3) is 0 Å².